The monoisotopic (exact) mass is 262 g/mol. The van der Waals surface area contributed by atoms with E-state index in [0.29, 0.717) is 23.7 Å². The zero-order valence-electron chi connectivity index (χ0n) is 11.0. The molecule has 3 rings (SSSR count). The van der Waals surface area contributed by atoms with Crippen molar-refractivity contribution in [3.63, 3.8) is 0 Å². The van der Waals surface area contributed by atoms with Crippen LogP contribution >= 0.6 is 0 Å². The van der Waals surface area contributed by atoms with Gasteiger partial charge in [0.25, 0.3) is 0 Å². The van der Waals surface area contributed by atoms with Crippen molar-refractivity contribution in [3.05, 3.63) is 17.5 Å². The van der Waals surface area contributed by atoms with Crippen LogP contribution in [0.4, 0.5) is 5.95 Å². The van der Waals surface area contributed by atoms with Gasteiger partial charge in [0.1, 0.15) is 0 Å². The minimum Gasteiger partial charge on any atom is -0.477 e. The van der Waals surface area contributed by atoms with Crippen LogP contribution in [0.15, 0.2) is 6.07 Å². The van der Waals surface area contributed by atoms with Crippen LogP contribution in [0.5, 0.6) is 0 Å². The van der Waals surface area contributed by atoms with E-state index >= 15 is 0 Å². The van der Waals surface area contributed by atoms with Crippen LogP contribution in [-0.2, 0) is 0 Å². The van der Waals surface area contributed by atoms with E-state index in [2.05, 4.69) is 20.2 Å². The Labute approximate surface area is 111 Å². The molecule has 1 aromatic rings. The summed E-state index contributed by atoms with van der Waals surface area (Å²) in [6.45, 7) is 4.08. The fourth-order valence-corrected chi connectivity index (χ4v) is 3.16. The van der Waals surface area contributed by atoms with Gasteiger partial charge in [0.2, 0.25) is 5.95 Å². The molecule has 0 aliphatic carbocycles. The number of carboxylic acid groups (broad SMARTS) is 1. The summed E-state index contributed by atoms with van der Waals surface area (Å²) in [5, 5.41) is 12.3. The highest BCUT2D eigenvalue weighted by atomic mass is 16.4. The van der Waals surface area contributed by atoms with Crippen LogP contribution in [0.1, 0.15) is 35.4 Å². The molecule has 102 valence electrons. The van der Waals surface area contributed by atoms with Crippen molar-refractivity contribution < 1.29 is 9.90 Å². The number of carbonyl (C=O) groups is 1. The molecule has 2 fully saturated rings. The number of fused-ring (bicyclic) bond motifs is 1. The number of aromatic carboxylic acids is 1. The lowest BCUT2D eigenvalue weighted by Crippen LogP contribution is -2.34. The van der Waals surface area contributed by atoms with Crippen molar-refractivity contribution >= 4 is 11.9 Å². The molecule has 0 saturated carbocycles. The summed E-state index contributed by atoms with van der Waals surface area (Å²) in [6, 6.07) is 2.38. The average molecular weight is 262 g/mol. The predicted octanol–water partition coefficient (Wildman–Crippen LogP) is 1.13. The van der Waals surface area contributed by atoms with E-state index in [1.807, 2.05) is 0 Å². The van der Waals surface area contributed by atoms with E-state index < -0.39 is 5.97 Å². The van der Waals surface area contributed by atoms with Gasteiger partial charge >= 0.3 is 5.97 Å². The summed E-state index contributed by atoms with van der Waals surface area (Å²) in [5.41, 5.74) is 0.729. The first kappa shape index (κ1) is 12.3. The standard InChI is InChI=1S/C13H18N4O2/c1-8-7-10(12(18)19)16-13(14-8)15-9-4-6-17-5-2-3-11(9)17/h7,9,11H,2-6H2,1H3,(H,18,19)(H,14,15,16). The highest BCUT2D eigenvalue weighted by molar-refractivity contribution is 5.85. The normalized spacial score (nSPS) is 26.4. The van der Waals surface area contributed by atoms with Gasteiger partial charge in [0.15, 0.2) is 5.69 Å². The van der Waals surface area contributed by atoms with Gasteiger partial charge in [-0.1, -0.05) is 0 Å². The van der Waals surface area contributed by atoms with Gasteiger partial charge in [-0.25, -0.2) is 14.8 Å². The fraction of sp³-hybridized carbons (Fsp3) is 0.615. The molecule has 0 aromatic carbocycles. The maximum atomic E-state index is 11.0. The van der Waals surface area contributed by atoms with Crippen LogP contribution in [0, 0.1) is 6.92 Å². The van der Waals surface area contributed by atoms with Gasteiger partial charge in [-0.2, -0.15) is 0 Å². The number of nitrogens with zero attached hydrogens (tertiary/aromatic N) is 3. The lowest BCUT2D eigenvalue weighted by atomic mass is 10.1. The average Bonchev–Trinajstić information content (AvgIpc) is 2.93. The molecule has 0 bridgehead atoms. The Morgan fingerprint density at radius 2 is 2.26 bits per heavy atom. The summed E-state index contributed by atoms with van der Waals surface area (Å²) in [4.78, 5) is 21.9. The molecule has 0 radical (unpaired) electrons. The highest BCUT2D eigenvalue weighted by Crippen LogP contribution is 2.29. The summed E-state index contributed by atoms with van der Waals surface area (Å²) in [5.74, 6) is -0.571. The Hall–Kier alpha value is -1.69. The van der Waals surface area contributed by atoms with E-state index in [9.17, 15) is 4.79 Å². The molecule has 2 unspecified atom stereocenters. The molecule has 2 aliphatic heterocycles. The summed E-state index contributed by atoms with van der Waals surface area (Å²) in [6.07, 6.45) is 3.53. The predicted molar refractivity (Wildman–Crippen MR) is 70.4 cm³/mol. The molecule has 1 aromatic heterocycles. The van der Waals surface area contributed by atoms with Crippen molar-refractivity contribution in [1.29, 1.82) is 0 Å². The molecule has 6 nitrogen and oxygen atoms in total. The topological polar surface area (TPSA) is 78.3 Å². The van der Waals surface area contributed by atoms with Crippen molar-refractivity contribution in [2.75, 3.05) is 18.4 Å². The molecule has 0 amide bonds. The Morgan fingerprint density at radius 1 is 1.42 bits per heavy atom. The summed E-state index contributed by atoms with van der Waals surface area (Å²) in [7, 11) is 0. The molecule has 0 spiro atoms. The number of aromatic nitrogens is 2. The third-order valence-corrected chi connectivity index (χ3v) is 3.99. The smallest absolute Gasteiger partial charge is 0.354 e. The number of hydrogen-bond donors (Lipinski definition) is 2. The number of rotatable bonds is 3. The third kappa shape index (κ3) is 2.40. The van der Waals surface area contributed by atoms with Crippen LogP contribution in [0.25, 0.3) is 0 Å². The molecule has 6 heteroatoms. The van der Waals surface area contributed by atoms with Gasteiger partial charge in [0.05, 0.1) is 0 Å². The lowest BCUT2D eigenvalue weighted by Gasteiger charge is -2.21. The summed E-state index contributed by atoms with van der Waals surface area (Å²) >= 11 is 0. The maximum Gasteiger partial charge on any atom is 0.354 e. The lowest BCUT2D eigenvalue weighted by molar-refractivity contribution is 0.0690. The van der Waals surface area contributed by atoms with E-state index in [-0.39, 0.29) is 5.69 Å². The van der Waals surface area contributed by atoms with Crippen LogP contribution in [-0.4, -0.2) is 51.1 Å². The van der Waals surface area contributed by atoms with E-state index in [0.717, 1.165) is 13.0 Å². The zero-order valence-corrected chi connectivity index (χ0v) is 11.0. The second kappa shape index (κ2) is 4.77. The SMILES string of the molecule is Cc1cc(C(=O)O)nc(NC2CCN3CCCC23)n1. The molecule has 2 atom stereocenters. The highest BCUT2D eigenvalue weighted by Gasteiger charge is 2.37. The largest absolute Gasteiger partial charge is 0.477 e. The van der Waals surface area contributed by atoms with Crippen molar-refractivity contribution in [2.45, 2.75) is 38.3 Å². The first-order chi connectivity index (χ1) is 9.13. The summed E-state index contributed by atoms with van der Waals surface area (Å²) < 4.78 is 0. The van der Waals surface area contributed by atoms with Gasteiger partial charge in [-0.3, -0.25) is 4.90 Å². The molecule has 3 heterocycles. The van der Waals surface area contributed by atoms with Gasteiger partial charge in [0, 0.05) is 24.3 Å². The second-order valence-corrected chi connectivity index (χ2v) is 5.31. The number of nitrogens with one attached hydrogen (secondary N) is 1. The zero-order chi connectivity index (χ0) is 13.4. The number of hydrogen-bond acceptors (Lipinski definition) is 5. The fourth-order valence-electron chi connectivity index (χ4n) is 3.16. The Balaban J connectivity index is 1.78. The Kier molecular flexibility index (Phi) is 3.10. The van der Waals surface area contributed by atoms with E-state index in [1.165, 1.54) is 25.5 Å². The Bertz CT molecular complexity index is 505. The molecule has 2 aliphatic rings. The quantitative estimate of drug-likeness (QED) is 0.850. The molecular formula is C13H18N4O2. The van der Waals surface area contributed by atoms with E-state index in [4.69, 9.17) is 5.11 Å². The van der Waals surface area contributed by atoms with Crippen molar-refractivity contribution in [2.24, 2.45) is 0 Å². The van der Waals surface area contributed by atoms with Crippen molar-refractivity contribution in [1.82, 2.24) is 14.9 Å². The van der Waals surface area contributed by atoms with Crippen LogP contribution in [0.3, 0.4) is 0 Å². The number of anilines is 1. The first-order valence-electron chi connectivity index (χ1n) is 6.73. The molecule has 19 heavy (non-hydrogen) atoms. The minimum absolute atomic E-state index is 0.0521. The maximum absolute atomic E-state index is 11.0. The molecule has 2 N–H and O–H groups in total. The molecule has 2 saturated heterocycles. The van der Waals surface area contributed by atoms with Crippen molar-refractivity contribution in [3.8, 4) is 0 Å². The van der Waals surface area contributed by atoms with Crippen LogP contribution < -0.4 is 5.32 Å². The Morgan fingerprint density at radius 3 is 3.05 bits per heavy atom. The number of aryl methyl sites for hydroxylation is 1. The van der Waals surface area contributed by atoms with Gasteiger partial charge in [-0.05, 0) is 38.8 Å². The first-order valence-corrected chi connectivity index (χ1v) is 6.73. The van der Waals surface area contributed by atoms with E-state index in [1.54, 1.807) is 6.92 Å². The van der Waals surface area contributed by atoms with Gasteiger partial charge in [-0.15, -0.1) is 0 Å². The number of carboxylic acids is 1. The second-order valence-electron chi connectivity index (χ2n) is 5.31. The van der Waals surface area contributed by atoms with Crippen LogP contribution in [0.2, 0.25) is 0 Å². The minimum atomic E-state index is -1.01. The third-order valence-electron chi connectivity index (χ3n) is 3.99. The van der Waals surface area contributed by atoms with Gasteiger partial charge < -0.3 is 10.4 Å². The molecular weight excluding hydrogens is 244 g/mol.